The smallest absolute Gasteiger partial charge is 0.327 e. The fourth-order valence-corrected chi connectivity index (χ4v) is 1.95. The van der Waals surface area contributed by atoms with E-state index in [1.165, 1.54) is 0 Å². The third-order valence-corrected chi connectivity index (χ3v) is 2.84. The third-order valence-electron chi connectivity index (χ3n) is 1.95. The molecule has 0 fully saturated rings. The fraction of sp³-hybridized carbons (Fsp3) is 0.667. The molecule has 0 saturated carbocycles. The molecule has 1 atom stereocenters. The normalized spacial score (nSPS) is 14.2. The average molecular weight is 238 g/mol. The SMILES string of the molecule is CCC(N)Cc1csc(CC(F)(F)F)n1. The second-order valence-corrected chi connectivity index (χ2v) is 4.34. The van der Waals surface area contributed by atoms with Crippen LogP contribution in [0.3, 0.4) is 0 Å². The molecule has 0 spiro atoms. The van der Waals surface area contributed by atoms with Crippen LogP contribution < -0.4 is 5.73 Å². The highest BCUT2D eigenvalue weighted by Gasteiger charge is 2.29. The van der Waals surface area contributed by atoms with E-state index in [0.29, 0.717) is 12.1 Å². The zero-order valence-electron chi connectivity index (χ0n) is 8.34. The summed E-state index contributed by atoms with van der Waals surface area (Å²) in [5, 5.41) is 1.76. The standard InChI is InChI=1S/C9H13F3N2S/c1-2-6(13)3-7-5-15-8(14-7)4-9(10,11)12/h5-6H,2-4,13H2,1H3. The van der Waals surface area contributed by atoms with Crippen molar-refractivity contribution in [2.75, 3.05) is 0 Å². The third kappa shape index (κ3) is 4.61. The second-order valence-electron chi connectivity index (χ2n) is 3.40. The number of hydrogen-bond acceptors (Lipinski definition) is 3. The van der Waals surface area contributed by atoms with Gasteiger partial charge >= 0.3 is 6.18 Å². The van der Waals surface area contributed by atoms with E-state index in [9.17, 15) is 13.2 Å². The van der Waals surface area contributed by atoms with Crippen LogP contribution in [0.2, 0.25) is 0 Å². The molecule has 0 amide bonds. The van der Waals surface area contributed by atoms with E-state index in [-0.39, 0.29) is 11.0 Å². The van der Waals surface area contributed by atoms with E-state index in [2.05, 4.69) is 4.98 Å². The molecule has 0 bridgehead atoms. The molecule has 0 aromatic carbocycles. The summed E-state index contributed by atoms with van der Waals surface area (Å²) in [6.07, 6.45) is -3.78. The Balaban J connectivity index is 2.56. The highest BCUT2D eigenvalue weighted by Crippen LogP contribution is 2.23. The molecule has 1 aromatic rings. The molecule has 1 rings (SSSR count). The molecule has 86 valence electrons. The Bertz CT molecular complexity index is 309. The van der Waals surface area contributed by atoms with Crippen LogP contribution in [0.4, 0.5) is 13.2 Å². The van der Waals surface area contributed by atoms with Crippen molar-refractivity contribution in [2.24, 2.45) is 5.73 Å². The van der Waals surface area contributed by atoms with Gasteiger partial charge < -0.3 is 5.73 Å². The van der Waals surface area contributed by atoms with Gasteiger partial charge in [-0.1, -0.05) is 6.92 Å². The van der Waals surface area contributed by atoms with Crippen LogP contribution in [0.25, 0.3) is 0 Å². The Kier molecular flexibility index (Phi) is 4.10. The van der Waals surface area contributed by atoms with Crippen molar-refractivity contribution in [3.8, 4) is 0 Å². The van der Waals surface area contributed by atoms with Crippen molar-refractivity contribution in [1.82, 2.24) is 4.98 Å². The van der Waals surface area contributed by atoms with Crippen molar-refractivity contribution in [2.45, 2.75) is 38.4 Å². The summed E-state index contributed by atoms with van der Waals surface area (Å²) in [7, 11) is 0. The van der Waals surface area contributed by atoms with Crippen molar-refractivity contribution in [3.63, 3.8) is 0 Å². The quantitative estimate of drug-likeness (QED) is 0.875. The molecule has 1 heterocycles. The van der Waals surface area contributed by atoms with Crippen molar-refractivity contribution in [3.05, 3.63) is 16.1 Å². The first-order valence-electron chi connectivity index (χ1n) is 4.66. The minimum atomic E-state index is -4.18. The number of nitrogens with zero attached hydrogens (tertiary/aromatic N) is 1. The number of halogens is 3. The Morgan fingerprint density at radius 3 is 2.73 bits per heavy atom. The summed E-state index contributed by atoms with van der Waals surface area (Å²) >= 11 is 1.04. The van der Waals surface area contributed by atoms with Crippen LogP contribution in [-0.2, 0) is 12.8 Å². The molecule has 0 aliphatic heterocycles. The maximum absolute atomic E-state index is 12.0. The summed E-state index contributed by atoms with van der Waals surface area (Å²) in [5.74, 6) is 0. The molecule has 2 N–H and O–H groups in total. The molecule has 6 heteroatoms. The molecule has 15 heavy (non-hydrogen) atoms. The van der Waals surface area contributed by atoms with Gasteiger partial charge in [0.1, 0.15) is 5.01 Å². The monoisotopic (exact) mass is 238 g/mol. The molecule has 0 aliphatic rings. The van der Waals surface area contributed by atoms with Gasteiger partial charge in [-0.15, -0.1) is 11.3 Å². The van der Waals surface area contributed by atoms with Gasteiger partial charge in [0.2, 0.25) is 0 Å². The maximum Gasteiger partial charge on any atom is 0.395 e. The molecular formula is C9H13F3N2S. The summed E-state index contributed by atoms with van der Waals surface area (Å²) in [5.41, 5.74) is 6.34. The van der Waals surface area contributed by atoms with Crippen molar-refractivity contribution >= 4 is 11.3 Å². The van der Waals surface area contributed by atoms with Gasteiger partial charge in [0.05, 0.1) is 12.1 Å². The van der Waals surface area contributed by atoms with Crippen LogP contribution >= 0.6 is 11.3 Å². The van der Waals surface area contributed by atoms with E-state index < -0.39 is 12.6 Å². The van der Waals surface area contributed by atoms with Crippen LogP contribution in [0.15, 0.2) is 5.38 Å². The lowest BCUT2D eigenvalue weighted by Gasteiger charge is -2.05. The number of rotatable bonds is 4. The van der Waals surface area contributed by atoms with Crippen LogP contribution in [0.1, 0.15) is 24.0 Å². The highest BCUT2D eigenvalue weighted by atomic mass is 32.1. The van der Waals surface area contributed by atoms with Gasteiger partial charge in [0.15, 0.2) is 0 Å². The first-order chi connectivity index (χ1) is 6.90. The second kappa shape index (κ2) is 4.94. The van der Waals surface area contributed by atoms with Crippen LogP contribution in [0.5, 0.6) is 0 Å². The molecule has 0 radical (unpaired) electrons. The number of aromatic nitrogens is 1. The van der Waals surface area contributed by atoms with E-state index >= 15 is 0 Å². The summed E-state index contributed by atoms with van der Waals surface area (Å²) in [6, 6.07) is -0.0224. The summed E-state index contributed by atoms with van der Waals surface area (Å²) in [6.45, 7) is 1.94. The van der Waals surface area contributed by atoms with Gasteiger partial charge in [-0.2, -0.15) is 13.2 Å². The predicted octanol–water partition coefficient (Wildman–Crippen LogP) is 2.53. The lowest BCUT2D eigenvalue weighted by Crippen LogP contribution is -2.21. The minimum absolute atomic E-state index is 0.0224. The van der Waals surface area contributed by atoms with Crippen molar-refractivity contribution in [1.29, 1.82) is 0 Å². The minimum Gasteiger partial charge on any atom is -0.327 e. The fourth-order valence-electron chi connectivity index (χ4n) is 1.11. The predicted molar refractivity (Wildman–Crippen MR) is 53.8 cm³/mol. The lowest BCUT2D eigenvalue weighted by molar-refractivity contribution is -0.127. The van der Waals surface area contributed by atoms with Gasteiger partial charge in [0, 0.05) is 17.8 Å². The molecule has 2 nitrogen and oxygen atoms in total. The average Bonchev–Trinajstić information content (AvgIpc) is 2.49. The first kappa shape index (κ1) is 12.4. The topological polar surface area (TPSA) is 38.9 Å². The lowest BCUT2D eigenvalue weighted by atomic mass is 10.1. The highest BCUT2D eigenvalue weighted by molar-refractivity contribution is 7.09. The largest absolute Gasteiger partial charge is 0.395 e. The molecule has 0 aliphatic carbocycles. The van der Waals surface area contributed by atoms with E-state index in [1.807, 2.05) is 6.92 Å². The molecule has 0 saturated heterocycles. The molecular weight excluding hydrogens is 225 g/mol. The zero-order valence-corrected chi connectivity index (χ0v) is 9.16. The maximum atomic E-state index is 12.0. The summed E-state index contributed by atoms with van der Waals surface area (Å²) < 4.78 is 36.1. The van der Waals surface area contributed by atoms with E-state index in [1.54, 1.807) is 5.38 Å². The zero-order chi connectivity index (χ0) is 11.5. The Labute approximate surface area is 90.3 Å². The molecule has 1 unspecified atom stereocenters. The Hall–Kier alpha value is -0.620. The van der Waals surface area contributed by atoms with Crippen LogP contribution in [-0.4, -0.2) is 17.2 Å². The van der Waals surface area contributed by atoms with Gasteiger partial charge in [-0.3, -0.25) is 0 Å². The van der Waals surface area contributed by atoms with Gasteiger partial charge in [0.25, 0.3) is 0 Å². The summed E-state index contributed by atoms with van der Waals surface area (Å²) in [4.78, 5) is 3.90. The van der Waals surface area contributed by atoms with E-state index in [4.69, 9.17) is 5.73 Å². The van der Waals surface area contributed by atoms with Crippen molar-refractivity contribution < 1.29 is 13.2 Å². The molecule has 1 aromatic heterocycles. The Morgan fingerprint density at radius 1 is 1.53 bits per heavy atom. The van der Waals surface area contributed by atoms with Gasteiger partial charge in [-0.05, 0) is 6.42 Å². The number of alkyl halides is 3. The van der Waals surface area contributed by atoms with Gasteiger partial charge in [-0.25, -0.2) is 4.98 Å². The number of hydrogen-bond donors (Lipinski definition) is 1. The first-order valence-corrected chi connectivity index (χ1v) is 5.54. The van der Waals surface area contributed by atoms with E-state index in [0.717, 1.165) is 17.8 Å². The Morgan fingerprint density at radius 2 is 2.20 bits per heavy atom. The number of nitrogens with two attached hydrogens (primary N) is 1. The van der Waals surface area contributed by atoms with Crippen LogP contribution in [0, 0.1) is 0 Å². The number of thiazole rings is 1.